The van der Waals surface area contributed by atoms with E-state index in [0.717, 1.165) is 36.5 Å². The van der Waals surface area contributed by atoms with Gasteiger partial charge >= 0.3 is 0 Å². The highest BCUT2D eigenvalue weighted by Gasteiger charge is 2.26. The van der Waals surface area contributed by atoms with Crippen molar-refractivity contribution < 1.29 is 0 Å². The number of likely N-dealkylation sites (tertiary alicyclic amines) is 1. The number of hydrogen-bond acceptors (Lipinski definition) is 3. The molecule has 4 rings (SSSR count). The molecule has 0 N–H and O–H groups in total. The van der Waals surface area contributed by atoms with Gasteiger partial charge in [-0.05, 0) is 50.2 Å². The van der Waals surface area contributed by atoms with Crippen LogP contribution in [0.1, 0.15) is 29.4 Å². The van der Waals surface area contributed by atoms with E-state index in [2.05, 4.69) is 58.8 Å². The molecular weight excluding hydrogens is 284 g/mol. The van der Waals surface area contributed by atoms with Crippen molar-refractivity contribution in [2.45, 2.75) is 25.8 Å². The zero-order valence-electron chi connectivity index (χ0n) is 13.7. The second kappa shape index (κ2) is 5.78. The standard InChI is InChI=1S/C19H22N4/c1-14-6-3-4-7-15(14)12-18-21-17-8-5-10-20-19(17)23(18)16-9-11-22(2)13-16/h3-8,10,16H,9,11-13H2,1-2H3. The fourth-order valence-corrected chi connectivity index (χ4v) is 3.59. The number of hydrogen-bond donors (Lipinski definition) is 0. The lowest BCUT2D eigenvalue weighted by Crippen LogP contribution is -2.18. The molecule has 23 heavy (non-hydrogen) atoms. The van der Waals surface area contributed by atoms with E-state index >= 15 is 0 Å². The third-order valence-electron chi connectivity index (χ3n) is 4.86. The predicted molar refractivity (Wildman–Crippen MR) is 92.7 cm³/mol. The van der Waals surface area contributed by atoms with Crippen molar-refractivity contribution in [2.75, 3.05) is 20.1 Å². The van der Waals surface area contributed by atoms with Gasteiger partial charge in [0.25, 0.3) is 0 Å². The predicted octanol–water partition coefficient (Wildman–Crippen LogP) is 3.21. The lowest BCUT2D eigenvalue weighted by atomic mass is 10.1. The molecule has 0 radical (unpaired) electrons. The Morgan fingerprint density at radius 3 is 2.83 bits per heavy atom. The van der Waals surface area contributed by atoms with E-state index in [1.807, 2.05) is 12.3 Å². The van der Waals surface area contributed by atoms with Gasteiger partial charge in [0.15, 0.2) is 5.65 Å². The van der Waals surface area contributed by atoms with Gasteiger partial charge in [0.2, 0.25) is 0 Å². The lowest BCUT2D eigenvalue weighted by Gasteiger charge is -2.17. The van der Waals surface area contributed by atoms with Gasteiger partial charge in [0, 0.05) is 19.2 Å². The molecule has 1 unspecified atom stereocenters. The van der Waals surface area contributed by atoms with E-state index in [9.17, 15) is 0 Å². The molecule has 2 aromatic heterocycles. The van der Waals surface area contributed by atoms with Crippen LogP contribution in [0.15, 0.2) is 42.6 Å². The van der Waals surface area contributed by atoms with Crippen LogP contribution in [-0.2, 0) is 6.42 Å². The number of pyridine rings is 1. The third-order valence-corrected chi connectivity index (χ3v) is 4.86. The number of rotatable bonds is 3. The van der Waals surface area contributed by atoms with E-state index in [4.69, 9.17) is 4.98 Å². The van der Waals surface area contributed by atoms with Crippen molar-refractivity contribution >= 4 is 11.2 Å². The van der Waals surface area contributed by atoms with Gasteiger partial charge in [-0.2, -0.15) is 0 Å². The van der Waals surface area contributed by atoms with Crippen LogP contribution < -0.4 is 0 Å². The largest absolute Gasteiger partial charge is 0.308 e. The first-order valence-corrected chi connectivity index (χ1v) is 8.27. The molecule has 0 saturated carbocycles. The first kappa shape index (κ1) is 14.4. The number of aryl methyl sites for hydroxylation is 1. The second-order valence-corrected chi connectivity index (χ2v) is 6.55. The molecule has 0 spiro atoms. The van der Waals surface area contributed by atoms with Gasteiger partial charge in [-0.1, -0.05) is 24.3 Å². The van der Waals surface area contributed by atoms with Crippen LogP contribution in [-0.4, -0.2) is 39.6 Å². The summed E-state index contributed by atoms with van der Waals surface area (Å²) < 4.78 is 2.38. The highest BCUT2D eigenvalue weighted by atomic mass is 15.2. The number of aromatic nitrogens is 3. The summed E-state index contributed by atoms with van der Waals surface area (Å²) in [4.78, 5) is 11.9. The fourth-order valence-electron chi connectivity index (χ4n) is 3.59. The van der Waals surface area contributed by atoms with Gasteiger partial charge in [0.05, 0.1) is 6.04 Å². The molecule has 4 heteroatoms. The summed E-state index contributed by atoms with van der Waals surface area (Å²) in [6.45, 7) is 4.38. The van der Waals surface area contributed by atoms with Crippen molar-refractivity contribution in [2.24, 2.45) is 0 Å². The minimum atomic E-state index is 0.471. The maximum Gasteiger partial charge on any atom is 0.160 e. The molecule has 4 nitrogen and oxygen atoms in total. The van der Waals surface area contributed by atoms with Crippen molar-refractivity contribution in [3.05, 3.63) is 59.5 Å². The molecule has 1 atom stereocenters. The average molecular weight is 306 g/mol. The van der Waals surface area contributed by atoms with E-state index < -0.39 is 0 Å². The molecule has 0 bridgehead atoms. The van der Waals surface area contributed by atoms with E-state index in [-0.39, 0.29) is 0 Å². The Kier molecular flexibility index (Phi) is 3.62. The van der Waals surface area contributed by atoms with Gasteiger partial charge in [0.1, 0.15) is 11.3 Å². The Labute approximate surface area is 136 Å². The Balaban J connectivity index is 1.80. The molecule has 1 fully saturated rings. The second-order valence-electron chi connectivity index (χ2n) is 6.55. The van der Waals surface area contributed by atoms with Crippen LogP contribution in [0.25, 0.3) is 11.2 Å². The van der Waals surface area contributed by atoms with Crippen molar-refractivity contribution in [3.8, 4) is 0 Å². The molecule has 1 saturated heterocycles. The molecule has 3 aromatic rings. The normalized spacial score (nSPS) is 18.8. The summed E-state index contributed by atoms with van der Waals surface area (Å²) in [7, 11) is 2.19. The summed E-state index contributed by atoms with van der Waals surface area (Å²) in [5, 5.41) is 0. The van der Waals surface area contributed by atoms with Gasteiger partial charge < -0.3 is 9.47 Å². The quantitative estimate of drug-likeness (QED) is 0.745. The summed E-state index contributed by atoms with van der Waals surface area (Å²) in [5.74, 6) is 1.13. The van der Waals surface area contributed by atoms with E-state index in [1.54, 1.807) is 0 Å². The van der Waals surface area contributed by atoms with Crippen molar-refractivity contribution in [1.82, 2.24) is 19.4 Å². The molecule has 1 aliphatic heterocycles. The number of likely N-dealkylation sites (N-methyl/N-ethyl adjacent to an activating group) is 1. The molecular formula is C19H22N4. The minimum Gasteiger partial charge on any atom is -0.308 e. The molecule has 1 aliphatic rings. The fraction of sp³-hybridized carbons (Fsp3) is 0.368. The molecule has 0 aliphatic carbocycles. The molecule has 0 amide bonds. The topological polar surface area (TPSA) is 34.0 Å². The molecule has 3 heterocycles. The Morgan fingerprint density at radius 1 is 1.17 bits per heavy atom. The van der Waals surface area contributed by atoms with Crippen LogP contribution in [0.4, 0.5) is 0 Å². The highest BCUT2D eigenvalue weighted by molar-refractivity contribution is 5.71. The smallest absolute Gasteiger partial charge is 0.160 e. The van der Waals surface area contributed by atoms with Gasteiger partial charge in [-0.25, -0.2) is 9.97 Å². The van der Waals surface area contributed by atoms with Crippen LogP contribution in [0, 0.1) is 6.92 Å². The SMILES string of the molecule is Cc1ccccc1Cc1nc2cccnc2n1C1CCN(C)C1. The van der Waals surface area contributed by atoms with E-state index in [1.165, 1.54) is 17.5 Å². The van der Waals surface area contributed by atoms with Crippen LogP contribution >= 0.6 is 0 Å². The first-order chi connectivity index (χ1) is 11.2. The summed E-state index contributed by atoms with van der Waals surface area (Å²) in [5.41, 5.74) is 4.69. The Bertz CT molecular complexity index is 836. The van der Waals surface area contributed by atoms with Crippen LogP contribution in [0.5, 0.6) is 0 Å². The minimum absolute atomic E-state index is 0.471. The van der Waals surface area contributed by atoms with Crippen molar-refractivity contribution in [1.29, 1.82) is 0 Å². The maximum atomic E-state index is 4.90. The lowest BCUT2D eigenvalue weighted by molar-refractivity contribution is 0.392. The third kappa shape index (κ3) is 2.63. The van der Waals surface area contributed by atoms with Crippen molar-refractivity contribution in [3.63, 3.8) is 0 Å². The number of benzene rings is 1. The molecule has 1 aromatic carbocycles. The first-order valence-electron chi connectivity index (χ1n) is 8.27. The Hall–Kier alpha value is -2.20. The number of fused-ring (bicyclic) bond motifs is 1. The summed E-state index contributed by atoms with van der Waals surface area (Å²) >= 11 is 0. The molecule has 118 valence electrons. The Morgan fingerprint density at radius 2 is 2.04 bits per heavy atom. The van der Waals surface area contributed by atoms with Gasteiger partial charge in [-0.3, -0.25) is 0 Å². The number of nitrogens with zero attached hydrogens (tertiary/aromatic N) is 4. The summed E-state index contributed by atoms with van der Waals surface area (Å²) in [6, 6.07) is 13.1. The monoisotopic (exact) mass is 306 g/mol. The zero-order valence-corrected chi connectivity index (χ0v) is 13.7. The number of imidazole rings is 1. The van der Waals surface area contributed by atoms with E-state index in [0.29, 0.717) is 6.04 Å². The maximum absolute atomic E-state index is 4.90. The zero-order chi connectivity index (χ0) is 15.8. The van der Waals surface area contributed by atoms with Gasteiger partial charge in [-0.15, -0.1) is 0 Å². The summed E-state index contributed by atoms with van der Waals surface area (Å²) in [6.07, 6.45) is 3.90. The van der Waals surface area contributed by atoms with Crippen LogP contribution in [0.2, 0.25) is 0 Å². The van der Waals surface area contributed by atoms with Crippen LogP contribution in [0.3, 0.4) is 0 Å². The average Bonchev–Trinajstić information content (AvgIpc) is 3.12. The highest BCUT2D eigenvalue weighted by Crippen LogP contribution is 2.28.